The van der Waals surface area contributed by atoms with E-state index < -0.39 is 0 Å². The van der Waals surface area contributed by atoms with Gasteiger partial charge < -0.3 is 5.32 Å². The number of hydrogen-bond acceptors (Lipinski definition) is 2. The van der Waals surface area contributed by atoms with E-state index in [0.29, 0.717) is 17.7 Å². The highest BCUT2D eigenvalue weighted by Gasteiger charge is 2.67. The average Bonchev–Trinajstić information content (AvgIpc) is 2.91. The Balaban J connectivity index is 1.95. The molecule has 1 aromatic rings. The van der Waals surface area contributed by atoms with E-state index in [4.69, 9.17) is 0 Å². The van der Waals surface area contributed by atoms with E-state index in [0.717, 1.165) is 18.4 Å². The molecule has 1 amide bonds. The van der Waals surface area contributed by atoms with Gasteiger partial charge in [-0.15, -0.1) is 0 Å². The van der Waals surface area contributed by atoms with Crippen molar-refractivity contribution in [3.8, 4) is 0 Å². The number of carbonyl (C=O) groups excluding carboxylic acids is 2. The summed E-state index contributed by atoms with van der Waals surface area (Å²) in [6, 6.07) is 5.64. The van der Waals surface area contributed by atoms with Gasteiger partial charge >= 0.3 is 0 Å². The molecule has 1 heterocycles. The highest BCUT2D eigenvalue weighted by molar-refractivity contribution is 6.04. The lowest BCUT2D eigenvalue weighted by Gasteiger charge is -2.08. The standard InChI is InChI=1S/C18H23NO2/c1-17(2)15(18(17,3)4)14(20)12-8-7-11-6-5-9-19-16(21)13(11)10-12/h7-8,10,15H,5-6,9H2,1-4H3,(H,19,21). The highest BCUT2D eigenvalue weighted by Crippen LogP contribution is 2.69. The SMILES string of the molecule is CC1(C)C(C(=O)c2ccc3c(c2)C(=O)NCCC3)C1(C)C. The van der Waals surface area contributed by atoms with Gasteiger partial charge in [-0.25, -0.2) is 0 Å². The van der Waals surface area contributed by atoms with Gasteiger partial charge in [0.1, 0.15) is 0 Å². The van der Waals surface area contributed by atoms with Crippen molar-refractivity contribution in [2.45, 2.75) is 40.5 Å². The van der Waals surface area contributed by atoms with E-state index in [9.17, 15) is 9.59 Å². The Morgan fingerprint density at radius 3 is 2.48 bits per heavy atom. The van der Waals surface area contributed by atoms with Gasteiger partial charge in [0.15, 0.2) is 5.78 Å². The largest absolute Gasteiger partial charge is 0.352 e. The minimum Gasteiger partial charge on any atom is -0.352 e. The number of ketones is 1. The molecule has 112 valence electrons. The van der Waals surface area contributed by atoms with Crippen LogP contribution < -0.4 is 5.32 Å². The fraction of sp³-hybridized carbons (Fsp3) is 0.556. The molecule has 3 nitrogen and oxygen atoms in total. The second kappa shape index (κ2) is 4.43. The van der Waals surface area contributed by atoms with E-state index in [1.807, 2.05) is 12.1 Å². The second-order valence-corrected chi connectivity index (χ2v) is 7.47. The summed E-state index contributed by atoms with van der Waals surface area (Å²) in [4.78, 5) is 24.9. The maximum atomic E-state index is 12.8. The van der Waals surface area contributed by atoms with Gasteiger partial charge in [-0.3, -0.25) is 9.59 Å². The van der Waals surface area contributed by atoms with E-state index in [-0.39, 0.29) is 28.4 Å². The first-order valence-electron chi connectivity index (χ1n) is 7.72. The summed E-state index contributed by atoms with van der Waals surface area (Å²) in [7, 11) is 0. The van der Waals surface area contributed by atoms with Gasteiger partial charge in [0, 0.05) is 23.6 Å². The molecule has 1 aliphatic heterocycles. The Morgan fingerprint density at radius 2 is 1.86 bits per heavy atom. The molecule has 0 radical (unpaired) electrons. The van der Waals surface area contributed by atoms with Gasteiger partial charge in [0.25, 0.3) is 5.91 Å². The van der Waals surface area contributed by atoms with Crippen LogP contribution in [0.4, 0.5) is 0 Å². The van der Waals surface area contributed by atoms with Crippen molar-refractivity contribution in [1.29, 1.82) is 0 Å². The lowest BCUT2D eigenvalue weighted by molar-refractivity contribution is 0.0945. The lowest BCUT2D eigenvalue weighted by atomic mass is 9.95. The van der Waals surface area contributed by atoms with Crippen molar-refractivity contribution < 1.29 is 9.59 Å². The number of rotatable bonds is 2. The first-order valence-corrected chi connectivity index (χ1v) is 7.72. The third-order valence-electron chi connectivity index (χ3n) is 5.83. The average molecular weight is 285 g/mol. The molecule has 0 atom stereocenters. The Labute approximate surface area is 126 Å². The summed E-state index contributed by atoms with van der Waals surface area (Å²) in [5.74, 6) is 0.160. The number of amides is 1. The zero-order valence-corrected chi connectivity index (χ0v) is 13.2. The third kappa shape index (κ3) is 2.02. The molecule has 1 N–H and O–H groups in total. The molecule has 0 aromatic heterocycles. The van der Waals surface area contributed by atoms with Gasteiger partial charge in [0.2, 0.25) is 0 Å². The van der Waals surface area contributed by atoms with Gasteiger partial charge in [-0.1, -0.05) is 39.8 Å². The van der Waals surface area contributed by atoms with Gasteiger partial charge in [-0.2, -0.15) is 0 Å². The quantitative estimate of drug-likeness (QED) is 0.848. The van der Waals surface area contributed by atoms with Gasteiger partial charge in [-0.05, 0) is 35.3 Å². The van der Waals surface area contributed by atoms with Crippen LogP contribution in [0.2, 0.25) is 0 Å². The number of nitrogens with one attached hydrogen (secondary N) is 1. The normalized spacial score (nSPS) is 23.0. The van der Waals surface area contributed by atoms with Crippen molar-refractivity contribution in [3.05, 3.63) is 34.9 Å². The van der Waals surface area contributed by atoms with Gasteiger partial charge in [0.05, 0.1) is 0 Å². The fourth-order valence-electron chi connectivity index (χ4n) is 3.75. The first kappa shape index (κ1) is 14.3. The number of carbonyl (C=O) groups is 2. The molecule has 1 aromatic carbocycles. The summed E-state index contributed by atoms with van der Waals surface area (Å²) in [5.41, 5.74) is 2.46. The molecule has 1 saturated carbocycles. The number of aryl methyl sites for hydroxylation is 1. The Bertz CT molecular complexity index is 614. The first-order chi connectivity index (χ1) is 9.76. The Hall–Kier alpha value is -1.64. The van der Waals surface area contributed by atoms with Crippen LogP contribution >= 0.6 is 0 Å². The fourth-order valence-corrected chi connectivity index (χ4v) is 3.75. The van der Waals surface area contributed by atoms with Crippen LogP contribution in [0.3, 0.4) is 0 Å². The molecule has 21 heavy (non-hydrogen) atoms. The maximum Gasteiger partial charge on any atom is 0.251 e. The smallest absolute Gasteiger partial charge is 0.251 e. The number of benzene rings is 1. The highest BCUT2D eigenvalue weighted by atomic mass is 16.1. The topological polar surface area (TPSA) is 46.2 Å². The number of fused-ring (bicyclic) bond motifs is 1. The summed E-state index contributed by atoms with van der Waals surface area (Å²) < 4.78 is 0. The minimum atomic E-state index is -0.0496. The molecule has 0 spiro atoms. The van der Waals surface area contributed by atoms with E-state index >= 15 is 0 Å². The van der Waals surface area contributed by atoms with E-state index in [1.54, 1.807) is 6.07 Å². The molecule has 0 unspecified atom stereocenters. The molecule has 1 fully saturated rings. The summed E-state index contributed by atoms with van der Waals surface area (Å²) >= 11 is 0. The van der Waals surface area contributed by atoms with Crippen LogP contribution in [0.1, 0.15) is 60.4 Å². The summed E-state index contributed by atoms with van der Waals surface area (Å²) in [6.07, 6.45) is 1.84. The Morgan fingerprint density at radius 1 is 1.19 bits per heavy atom. The third-order valence-corrected chi connectivity index (χ3v) is 5.83. The summed E-state index contributed by atoms with van der Waals surface area (Å²) in [6.45, 7) is 9.29. The van der Waals surface area contributed by atoms with Crippen LogP contribution in [0.5, 0.6) is 0 Å². The van der Waals surface area contributed by atoms with Crippen LogP contribution in [0, 0.1) is 16.7 Å². The maximum absolute atomic E-state index is 12.8. The molecular weight excluding hydrogens is 262 g/mol. The zero-order valence-electron chi connectivity index (χ0n) is 13.2. The monoisotopic (exact) mass is 285 g/mol. The van der Waals surface area contributed by atoms with Crippen LogP contribution in [0.15, 0.2) is 18.2 Å². The molecule has 3 heteroatoms. The zero-order chi connectivity index (χ0) is 15.4. The molecular formula is C18H23NO2. The van der Waals surface area contributed by atoms with Crippen LogP contribution in [-0.4, -0.2) is 18.2 Å². The number of hydrogen-bond donors (Lipinski definition) is 1. The molecule has 0 bridgehead atoms. The number of Topliss-reactive ketones (excluding diaryl/α,β-unsaturated/α-hetero) is 1. The van der Waals surface area contributed by atoms with Crippen LogP contribution in [-0.2, 0) is 6.42 Å². The molecule has 2 aliphatic rings. The predicted octanol–water partition coefficient (Wildman–Crippen LogP) is 3.23. The van der Waals surface area contributed by atoms with Crippen LogP contribution in [0.25, 0.3) is 0 Å². The molecule has 0 saturated heterocycles. The minimum absolute atomic E-state index is 0.0269. The van der Waals surface area contributed by atoms with Crippen molar-refractivity contribution in [1.82, 2.24) is 5.32 Å². The second-order valence-electron chi connectivity index (χ2n) is 7.47. The molecule has 1 aliphatic carbocycles. The van der Waals surface area contributed by atoms with Crippen molar-refractivity contribution in [3.63, 3.8) is 0 Å². The Kier molecular flexibility index (Phi) is 3.01. The van der Waals surface area contributed by atoms with Crippen molar-refractivity contribution in [2.75, 3.05) is 6.54 Å². The molecule has 3 rings (SSSR count). The lowest BCUT2D eigenvalue weighted by Crippen LogP contribution is -2.23. The predicted molar refractivity (Wildman–Crippen MR) is 82.5 cm³/mol. The van der Waals surface area contributed by atoms with E-state index in [2.05, 4.69) is 33.0 Å². The van der Waals surface area contributed by atoms with Crippen molar-refractivity contribution in [2.24, 2.45) is 16.7 Å². The van der Waals surface area contributed by atoms with Crippen molar-refractivity contribution >= 4 is 11.7 Å². The van der Waals surface area contributed by atoms with E-state index in [1.165, 1.54) is 0 Å². The summed E-state index contributed by atoms with van der Waals surface area (Å²) in [5, 5.41) is 2.89.